The van der Waals surface area contributed by atoms with E-state index in [9.17, 15) is 4.79 Å². The number of rotatable bonds is 10. The van der Waals surface area contributed by atoms with Gasteiger partial charge >= 0.3 is 5.97 Å². The molecular weight excluding hydrogens is 326 g/mol. The molecule has 1 unspecified atom stereocenters. The molecule has 150 valence electrons. The van der Waals surface area contributed by atoms with Crippen molar-refractivity contribution in [1.29, 1.82) is 0 Å². The first kappa shape index (κ1) is 22.7. The molecule has 1 aromatic heterocycles. The van der Waals surface area contributed by atoms with Crippen molar-refractivity contribution < 1.29 is 14.0 Å². The summed E-state index contributed by atoms with van der Waals surface area (Å²) in [4.78, 5) is 16.6. The number of aryl methyl sites for hydroxylation is 1. The Morgan fingerprint density at radius 3 is 2.38 bits per heavy atom. The number of aromatic nitrogens is 2. The maximum atomic E-state index is 12.2. The van der Waals surface area contributed by atoms with E-state index in [0.717, 1.165) is 42.5 Å². The molecule has 0 saturated heterocycles. The van der Waals surface area contributed by atoms with Gasteiger partial charge in [0.1, 0.15) is 0 Å². The summed E-state index contributed by atoms with van der Waals surface area (Å²) in [5.74, 6) is -0.0809. The average molecular weight is 367 g/mol. The largest absolute Gasteiger partial charge is 0.465 e. The normalized spacial score (nSPS) is 14.9. The summed E-state index contributed by atoms with van der Waals surface area (Å²) in [7, 11) is 6.30. The van der Waals surface area contributed by atoms with Gasteiger partial charge < -0.3 is 13.8 Å². The molecule has 0 N–H and O–H groups in total. The molecule has 0 fully saturated rings. The highest BCUT2D eigenvalue weighted by Gasteiger charge is 2.30. The molecule has 0 bridgehead atoms. The summed E-state index contributed by atoms with van der Waals surface area (Å²) in [6.45, 7) is 13.4. The Kier molecular flexibility index (Phi) is 7.87. The second-order valence-electron chi connectivity index (χ2n) is 9.98. The van der Waals surface area contributed by atoms with Crippen LogP contribution in [0.3, 0.4) is 0 Å². The summed E-state index contributed by atoms with van der Waals surface area (Å²) in [6.07, 6.45) is 7.33. The van der Waals surface area contributed by atoms with Crippen molar-refractivity contribution in [3.63, 3.8) is 0 Å². The van der Waals surface area contributed by atoms with Gasteiger partial charge in [0.25, 0.3) is 0 Å². The van der Waals surface area contributed by atoms with Crippen molar-refractivity contribution in [2.24, 2.45) is 17.9 Å². The molecular formula is C21H40N3O2+. The Hall–Kier alpha value is -1.36. The van der Waals surface area contributed by atoms with Gasteiger partial charge in [-0.2, -0.15) is 0 Å². The van der Waals surface area contributed by atoms with Crippen LogP contribution in [-0.2, 0) is 23.0 Å². The van der Waals surface area contributed by atoms with Gasteiger partial charge in [0.15, 0.2) is 0 Å². The first-order chi connectivity index (χ1) is 11.8. The van der Waals surface area contributed by atoms with E-state index >= 15 is 0 Å². The van der Waals surface area contributed by atoms with Crippen LogP contribution < -0.4 is 0 Å². The molecule has 1 atom stereocenters. The minimum absolute atomic E-state index is 0.0528. The van der Waals surface area contributed by atoms with Crippen LogP contribution in [-0.4, -0.2) is 53.8 Å². The van der Waals surface area contributed by atoms with E-state index in [1.165, 1.54) is 0 Å². The molecule has 0 saturated carbocycles. The lowest BCUT2D eigenvalue weighted by atomic mass is 9.74. The van der Waals surface area contributed by atoms with E-state index in [2.05, 4.69) is 59.9 Å². The zero-order valence-electron chi connectivity index (χ0n) is 18.3. The predicted octanol–water partition coefficient (Wildman–Crippen LogP) is 3.82. The molecule has 1 rings (SSSR count). The summed E-state index contributed by atoms with van der Waals surface area (Å²) in [6, 6.07) is 0. The SMILES string of the molecule is CCC(C)(COC(=O)CC[N+](C)(C)CCc1cn(C)cn1)CC(C)(C)C. The van der Waals surface area contributed by atoms with Crippen LogP contribution >= 0.6 is 0 Å². The van der Waals surface area contributed by atoms with Crippen molar-refractivity contribution >= 4 is 5.97 Å². The van der Waals surface area contributed by atoms with E-state index in [-0.39, 0.29) is 16.8 Å². The van der Waals surface area contributed by atoms with E-state index in [1.54, 1.807) is 0 Å². The predicted molar refractivity (Wildman–Crippen MR) is 107 cm³/mol. The Morgan fingerprint density at radius 2 is 1.88 bits per heavy atom. The molecule has 0 aromatic carbocycles. The molecule has 0 spiro atoms. The third-order valence-electron chi connectivity index (χ3n) is 5.05. The van der Waals surface area contributed by atoms with Gasteiger partial charge in [0, 0.05) is 25.1 Å². The van der Waals surface area contributed by atoms with Crippen molar-refractivity contribution in [2.45, 2.75) is 60.3 Å². The fourth-order valence-electron chi connectivity index (χ4n) is 3.40. The lowest BCUT2D eigenvalue weighted by Crippen LogP contribution is -2.43. The van der Waals surface area contributed by atoms with E-state index in [1.807, 2.05) is 17.9 Å². The molecule has 26 heavy (non-hydrogen) atoms. The average Bonchev–Trinajstić information content (AvgIpc) is 2.93. The van der Waals surface area contributed by atoms with Crippen molar-refractivity contribution in [2.75, 3.05) is 33.8 Å². The van der Waals surface area contributed by atoms with Crippen LogP contribution in [0, 0.1) is 10.8 Å². The molecule has 0 radical (unpaired) electrons. The minimum Gasteiger partial charge on any atom is -0.465 e. The minimum atomic E-state index is -0.0809. The molecule has 0 aliphatic carbocycles. The third-order valence-corrected chi connectivity index (χ3v) is 5.05. The summed E-state index contributed by atoms with van der Waals surface area (Å²) < 4.78 is 8.40. The van der Waals surface area contributed by atoms with Gasteiger partial charge in [0.05, 0.1) is 52.2 Å². The number of ether oxygens (including phenoxy) is 1. The summed E-state index contributed by atoms with van der Waals surface area (Å²) in [5, 5.41) is 0. The van der Waals surface area contributed by atoms with Crippen LogP contribution in [0.25, 0.3) is 0 Å². The highest BCUT2D eigenvalue weighted by atomic mass is 16.5. The van der Waals surface area contributed by atoms with E-state index in [4.69, 9.17) is 4.74 Å². The van der Waals surface area contributed by atoms with E-state index < -0.39 is 0 Å². The molecule has 1 aromatic rings. The van der Waals surface area contributed by atoms with Gasteiger partial charge in [-0.15, -0.1) is 0 Å². The summed E-state index contributed by atoms with van der Waals surface area (Å²) in [5.41, 5.74) is 1.39. The number of likely N-dealkylation sites (N-methyl/N-ethyl adjacent to an activating group) is 1. The topological polar surface area (TPSA) is 44.1 Å². The number of carbonyl (C=O) groups is 1. The second kappa shape index (κ2) is 9.03. The molecule has 5 heteroatoms. The monoisotopic (exact) mass is 366 g/mol. The highest BCUT2D eigenvalue weighted by Crippen LogP contribution is 2.36. The van der Waals surface area contributed by atoms with E-state index in [0.29, 0.717) is 13.0 Å². The standard InChI is InChI=1S/C21H40N3O2/c1-9-21(5,15-20(2,3)4)16-26-19(25)11-13-24(7,8)12-10-18-14-23(6)17-22-18/h14,17H,9-13,15-16H2,1-8H3/q+1. The van der Waals surface area contributed by atoms with Crippen LogP contribution in [0.4, 0.5) is 0 Å². The van der Waals surface area contributed by atoms with Crippen LogP contribution in [0.5, 0.6) is 0 Å². The van der Waals surface area contributed by atoms with Crippen molar-refractivity contribution in [3.8, 4) is 0 Å². The fourth-order valence-corrected chi connectivity index (χ4v) is 3.40. The zero-order chi connectivity index (χ0) is 20.0. The molecule has 0 amide bonds. The zero-order valence-corrected chi connectivity index (χ0v) is 18.3. The summed E-state index contributed by atoms with van der Waals surface area (Å²) >= 11 is 0. The number of quaternary nitrogens is 1. The van der Waals surface area contributed by atoms with Crippen LogP contribution in [0.1, 0.15) is 59.6 Å². The van der Waals surface area contributed by atoms with Gasteiger partial charge in [0.2, 0.25) is 0 Å². The van der Waals surface area contributed by atoms with Crippen molar-refractivity contribution in [1.82, 2.24) is 9.55 Å². The van der Waals surface area contributed by atoms with Gasteiger partial charge in [-0.05, 0) is 18.3 Å². The van der Waals surface area contributed by atoms with Gasteiger partial charge in [-0.1, -0.05) is 34.6 Å². The molecule has 0 aliphatic rings. The maximum absolute atomic E-state index is 12.2. The first-order valence-corrected chi connectivity index (χ1v) is 9.79. The lowest BCUT2D eigenvalue weighted by molar-refractivity contribution is -0.889. The number of nitrogens with zero attached hydrogens (tertiary/aromatic N) is 3. The number of esters is 1. The van der Waals surface area contributed by atoms with Gasteiger partial charge in [-0.25, -0.2) is 4.98 Å². The first-order valence-electron chi connectivity index (χ1n) is 9.79. The number of carbonyl (C=O) groups excluding carboxylic acids is 1. The molecule has 1 heterocycles. The lowest BCUT2D eigenvalue weighted by Gasteiger charge is -2.34. The van der Waals surface area contributed by atoms with Gasteiger partial charge in [-0.3, -0.25) is 4.79 Å². The Morgan fingerprint density at radius 1 is 1.23 bits per heavy atom. The Bertz CT molecular complexity index is 572. The Labute approximate surface area is 160 Å². The second-order valence-corrected chi connectivity index (χ2v) is 9.98. The van der Waals surface area contributed by atoms with Crippen LogP contribution in [0.15, 0.2) is 12.5 Å². The molecule has 0 aliphatic heterocycles. The number of imidazole rings is 1. The maximum Gasteiger partial charge on any atom is 0.311 e. The number of hydrogen-bond acceptors (Lipinski definition) is 3. The molecule has 5 nitrogen and oxygen atoms in total. The highest BCUT2D eigenvalue weighted by molar-refractivity contribution is 5.69. The van der Waals surface area contributed by atoms with Crippen LogP contribution in [0.2, 0.25) is 0 Å². The smallest absolute Gasteiger partial charge is 0.311 e. The quantitative estimate of drug-likeness (QED) is 0.467. The number of hydrogen-bond donors (Lipinski definition) is 0. The fraction of sp³-hybridized carbons (Fsp3) is 0.810. The Balaban J connectivity index is 2.39. The van der Waals surface area contributed by atoms with Crippen molar-refractivity contribution in [3.05, 3.63) is 18.2 Å². The third kappa shape index (κ3) is 8.84.